The van der Waals surface area contributed by atoms with E-state index in [9.17, 15) is 19.2 Å². The van der Waals surface area contributed by atoms with Gasteiger partial charge in [-0.15, -0.1) is 0 Å². The maximum atomic E-state index is 14.0. The number of aromatic nitrogens is 3. The molecule has 2 unspecified atom stereocenters. The monoisotopic (exact) mass is 971 g/mol. The fourth-order valence-electron chi connectivity index (χ4n) is 8.85. The second-order valence-corrected chi connectivity index (χ2v) is 18.3. The molecule has 2 atom stereocenters. The number of halogens is 1. The smallest absolute Gasteiger partial charge is 0.272 e. The van der Waals surface area contributed by atoms with E-state index in [-0.39, 0.29) is 49.7 Å². The third kappa shape index (κ3) is 14.6. The van der Waals surface area contributed by atoms with Gasteiger partial charge in [0, 0.05) is 93.5 Å². The molecule has 1 aliphatic carbocycles. The lowest BCUT2D eigenvalue weighted by atomic mass is 9.97. The van der Waals surface area contributed by atoms with Crippen molar-refractivity contribution >= 4 is 46.7 Å². The van der Waals surface area contributed by atoms with Gasteiger partial charge in [-0.3, -0.25) is 19.2 Å². The Labute approximate surface area is 416 Å². The number of hydrogen-bond donors (Lipinski definition) is 6. The predicted octanol–water partition coefficient (Wildman–Crippen LogP) is 5.02. The number of nitrogens with zero attached hydrogens (tertiary/aromatic N) is 5. The zero-order chi connectivity index (χ0) is 49.2. The number of rotatable bonds is 24. The number of piperazine rings is 1. The molecule has 0 bridgehead atoms. The Bertz CT molecular complexity index is 2550. The first-order chi connectivity index (χ1) is 34.1. The minimum Gasteiger partial charge on any atom is -0.378 e. The van der Waals surface area contributed by atoms with E-state index in [1.807, 2.05) is 66.4 Å². The number of anilines is 2. The highest BCUT2D eigenvalue weighted by atomic mass is 35.5. The van der Waals surface area contributed by atoms with Crippen molar-refractivity contribution in [3.63, 3.8) is 0 Å². The van der Waals surface area contributed by atoms with Crippen LogP contribution in [0.3, 0.4) is 0 Å². The standard InChI is InChI=1S/C53H66ClN11O5/c1-4-38-8-6-10-41(28-38)42-29-46(63-48(67)34-57-30-39-9-5-7-36(2)27-39)50(60-31-42)52(68)59-20-26-70-25-19-56-33-47(66)58-18-17-55-32-44(40-12-14-43(54)15-13-40)53(69)65-23-21-64(22-24-65)51-49-37(3)11-16-45(49)61-35-62-51/h5-10,12-15,27-29,31,35,37,44,55-57H,4,11,16-26,30,32-34H2,1-3H3,(H,58,66)(H,59,68)(H,63,67). The molecule has 1 saturated heterocycles. The van der Waals surface area contributed by atoms with Crippen LogP contribution in [-0.4, -0.2) is 129 Å². The van der Waals surface area contributed by atoms with Crippen molar-refractivity contribution < 1.29 is 23.9 Å². The van der Waals surface area contributed by atoms with Gasteiger partial charge in [-0.1, -0.05) is 91.7 Å². The van der Waals surface area contributed by atoms with Gasteiger partial charge in [-0.2, -0.15) is 0 Å². The highest BCUT2D eigenvalue weighted by Gasteiger charge is 2.32. The number of benzene rings is 3. The van der Waals surface area contributed by atoms with Crippen LogP contribution >= 0.6 is 11.6 Å². The lowest BCUT2D eigenvalue weighted by Gasteiger charge is -2.38. The molecule has 0 radical (unpaired) electrons. The van der Waals surface area contributed by atoms with E-state index < -0.39 is 11.8 Å². The number of carbonyl (C=O) groups is 4. The van der Waals surface area contributed by atoms with Crippen molar-refractivity contribution in [3.05, 3.63) is 136 Å². The number of amides is 4. The van der Waals surface area contributed by atoms with Crippen molar-refractivity contribution in [2.24, 2.45) is 0 Å². The summed E-state index contributed by atoms with van der Waals surface area (Å²) in [5, 5.41) is 18.9. The summed E-state index contributed by atoms with van der Waals surface area (Å²) in [6, 6.07) is 25.4. The van der Waals surface area contributed by atoms with Crippen LogP contribution in [0.15, 0.2) is 91.4 Å². The number of ether oxygens (including phenoxy) is 1. The van der Waals surface area contributed by atoms with E-state index in [4.69, 9.17) is 16.3 Å². The summed E-state index contributed by atoms with van der Waals surface area (Å²) in [6.45, 7) is 12.1. The Balaban J connectivity index is 0.791. The van der Waals surface area contributed by atoms with Crippen molar-refractivity contribution in [2.75, 3.05) is 95.4 Å². The third-order valence-corrected chi connectivity index (χ3v) is 12.9. The number of carbonyl (C=O) groups excluding carboxylic acids is 4. The van der Waals surface area contributed by atoms with Crippen molar-refractivity contribution in [1.82, 2.24) is 46.4 Å². The van der Waals surface area contributed by atoms with Crippen LogP contribution in [0, 0.1) is 6.92 Å². The van der Waals surface area contributed by atoms with Crippen LogP contribution in [-0.2, 0) is 38.5 Å². The lowest BCUT2D eigenvalue weighted by molar-refractivity contribution is -0.133. The van der Waals surface area contributed by atoms with Gasteiger partial charge in [0.15, 0.2) is 5.69 Å². The summed E-state index contributed by atoms with van der Waals surface area (Å²) in [7, 11) is 0. The molecule has 3 heterocycles. The van der Waals surface area contributed by atoms with Crippen LogP contribution in [0.1, 0.15) is 76.1 Å². The quantitative estimate of drug-likeness (QED) is 0.0454. The van der Waals surface area contributed by atoms with E-state index in [1.165, 1.54) is 5.56 Å². The molecule has 370 valence electrons. The minimum atomic E-state index is -0.442. The number of fused-ring (bicyclic) bond motifs is 1. The highest BCUT2D eigenvalue weighted by molar-refractivity contribution is 6.30. The molecule has 6 N–H and O–H groups in total. The first-order valence-electron chi connectivity index (χ1n) is 24.4. The van der Waals surface area contributed by atoms with Gasteiger partial charge < -0.3 is 46.4 Å². The molecule has 5 aromatic rings. The molecule has 1 fully saturated rings. The van der Waals surface area contributed by atoms with Gasteiger partial charge in [0.25, 0.3) is 5.91 Å². The minimum absolute atomic E-state index is 0.0494. The summed E-state index contributed by atoms with van der Waals surface area (Å²) in [5.74, 6) is 0.173. The second-order valence-electron chi connectivity index (χ2n) is 17.8. The summed E-state index contributed by atoms with van der Waals surface area (Å²) >= 11 is 6.21. The van der Waals surface area contributed by atoms with Gasteiger partial charge >= 0.3 is 0 Å². The van der Waals surface area contributed by atoms with E-state index in [2.05, 4.69) is 83.8 Å². The largest absolute Gasteiger partial charge is 0.378 e. The van der Waals surface area contributed by atoms with Crippen LogP contribution in [0.4, 0.5) is 11.5 Å². The number of hydrogen-bond acceptors (Lipinski definition) is 12. The second kappa shape index (κ2) is 26.1. The molecule has 2 aliphatic rings. The topological polar surface area (TPSA) is 195 Å². The van der Waals surface area contributed by atoms with Crippen LogP contribution in [0.25, 0.3) is 11.1 Å². The summed E-state index contributed by atoms with van der Waals surface area (Å²) in [4.78, 5) is 71.0. The zero-order valence-electron chi connectivity index (χ0n) is 40.5. The number of pyridine rings is 1. The highest BCUT2D eigenvalue weighted by Crippen LogP contribution is 2.37. The maximum Gasteiger partial charge on any atom is 0.272 e. The maximum absolute atomic E-state index is 14.0. The molecule has 7 rings (SSSR count). The molecule has 4 amide bonds. The van der Waals surface area contributed by atoms with E-state index in [0.717, 1.165) is 64.2 Å². The van der Waals surface area contributed by atoms with E-state index in [0.29, 0.717) is 82.1 Å². The van der Waals surface area contributed by atoms with Crippen molar-refractivity contribution in [2.45, 2.75) is 58.4 Å². The van der Waals surface area contributed by atoms with Gasteiger partial charge in [0.2, 0.25) is 17.7 Å². The van der Waals surface area contributed by atoms with Crippen LogP contribution in [0.2, 0.25) is 5.02 Å². The summed E-state index contributed by atoms with van der Waals surface area (Å²) in [5.41, 5.74) is 8.78. The SMILES string of the molecule is CCc1cccc(-c2cnc(C(=O)NCCOCCNCC(=O)NCCNCC(C(=O)N3CCN(c4ncnc5c4C(C)CC5)CC3)c3ccc(Cl)cc3)c(NC(=O)CNCc3cccc(C)c3)c2)c1. The molecule has 2 aromatic heterocycles. The molecule has 1 aliphatic heterocycles. The molecule has 16 nitrogen and oxygen atoms in total. The number of aryl methyl sites for hydroxylation is 3. The fourth-order valence-corrected chi connectivity index (χ4v) is 8.98. The number of nitrogens with one attached hydrogen (secondary N) is 6. The fraction of sp³-hybridized carbons (Fsp3) is 0.415. The average molecular weight is 973 g/mol. The Morgan fingerprint density at radius 3 is 2.36 bits per heavy atom. The molecule has 17 heteroatoms. The first kappa shape index (κ1) is 51.5. The summed E-state index contributed by atoms with van der Waals surface area (Å²) in [6.07, 6.45) is 6.25. The molecule has 70 heavy (non-hydrogen) atoms. The first-order valence-corrected chi connectivity index (χ1v) is 24.8. The molecular weight excluding hydrogens is 906 g/mol. The van der Waals surface area contributed by atoms with Gasteiger partial charge in [-0.05, 0) is 72.6 Å². The van der Waals surface area contributed by atoms with Gasteiger partial charge in [0.1, 0.15) is 12.1 Å². The Morgan fingerprint density at radius 1 is 0.786 bits per heavy atom. The van der Waals surface area contributed by atoms with Crippen molar-refractivity contribution in [3.8, 4) is 11.1 Å². The predicted molar refractivity (Wildman–Crippen MR) is 274 cm³/mol. The lowest BCUT2D eigenvalue weighted by Crippen LogP contribution is -2.51. The molecular formula is C53H66ClN11O5. The van der Waals surface area contributed by atoms with Gasteiger partial charge in [0.05, 0.1) is 37.9 Å². The Kier molecular flexibility index (Phi) is 19.2. The van der Waals surface area contributed by atoms with Crippen molar-refractivity contribution in [1.29, 1.82) is 0 Å². The van der Waals surface area contributed by atoms with Crippen LogP contribution in [0.5, 0.6) is 0 Å². The van der Waals surface area contributed by atoms with Crippen LogP contribution < -0.4 is 36.8 Å². The Morgan fingerprint density at radius 2 is 1.56 bits per heavy atom. The zero-order valence-corrected chi connectivity index (χ0v) is 41.2. The van der Waals surface area contributed by atoms with E-state index >= 15 is 0 Å². The van der Waals surface area contributed by atoms with Gasteiger partial charge in [-0.25, -0.2) is 15.0 Å². The average Bonchev–Trinajstić information content (AvgIpc) is 3.76. The molecule has 0 spiro atoms. The summed E-state index contributed by atoms with van der Waals surface area (Å²) < 4.78 is 5.71. The molecule has 3 aromatic carbocycles. The molecule has 0 saturated carbocycles. The third-order valence-electron chi connectivity index (χ3n) is 12.7. The normalized spacial score (nSPS) is 14.8. The van der Waals surface area contributed by atoms with E-state index in [1.54, 1.807) is 18.6 Å². The Hall–Kier alpha value is -6.30.